The van der Waals surface area contributed by atoms with Gasteiger partial charge in [-0.3, -0.25) is 9.38 Å². The Bertz CT molecular complexity index is 2010. The summed E-state index contributed by atoms with van der Waals surface area (Å²) in [6, 6.07) is 18.4. The van der Waals surface area contributed by atoms with Crippen LogP contribution in [0, 0.1) is 0 Å². The van der Waals surface area contributed by atoms with Gasteiger partial charge >= 0.3 is 0 Å². The SMILES string of the molecule is c1ccc2c(c1)oc1c2ccc2oc3ccc4c5cnccc5c5nccn5c4c3c21. The molecule has 0 fully saturated rings. The van der Waals surface area contributed by atoms with Crippen molar-refractivity contribution in [2.45, 2.75) is 0 Å². The van der Waals surface area contributed by atoms with Crippen LogP contribution in [0.4, 0.5) is 0 Å². The maximum atomic E-state index is 6.36. The summed E-state index contributed by atoms with van der Waals surface area (Å²) < 4.78 is 14.8. The van der Waals surface area contributed by atoms with E-state index in [2.05, 4.69) is 32.6 Å². The molecule has 0 N–H and O–H groups in total. The molecule has 31 heavy (non-hydrogen) atoms. The molecule has 0 radical (unpaired) electrons. The zero-order valence-electron chi connectivity index (χ0n) is 16.2. The zero-order valence-corrected chi connectivity index (χ0v) is 16.2. The molecule has 3 aromatic carbocycles. The Hall–Kier alpha value is -4.38. The first-order chi connectivity index (χ1) is 15.4. The van der Waals surface area contributed by atoms with Crippen molar-refractivity contribution in [2.75, 3.05) is 0 Å². The largest absolute Gasteiger partial charge is 0.456 e. The number of rotatable bonds is 0. The van der Waals surface area contributed by atoms with Crippen LogP contribution in [0.1, 0.15) is 0 Å². The quantitative estimate of drug-likeness (QED) is 0.262. The van der Waals surface area contributed by atoms with Gasteiger partial charge in [0, 0.05) is 51.7 Å². The van der Waals surface area contributed by atoms with Crippen LogP contribution < -0.4 is 0 Å². The molecular weight excluding hydrogens is 386 g/mol. The third-order valence-electron chi connectivity index (χ3n) is 6.35. The minimum absolute atomic E-state index is 0.814. The molecule has 0 aliphatic heterocycles. The molecule has 0 aliphatic rings. The van der Waals surface area contributed by atoms with Gasteiger partial charge in [0.2, 0.25) is 0 Å². The molecule has 8 aromatic rings. The second kappa shape index (κ2) is 5.21. The molecule has 0 bridgehead atoms. The topological polar surface area (TPSA) is 56.5 Å². The Kier molecular flexibility index (Phi) is 2.60. The van der Waals surface area contributed by atoms with Gasteiger partial charge in [0.15, 0.2) is 0 Å². The third kappa shape index (κ3) is 1.78. The van der Waals surface area contributed by atoms with Gasteiger partial charge in [-0.2, -0.15) is 0 Å². The highest BCUT2D eigenvalue weighted by Crippen LogP contribution is 2.43. The first kappa shape index (κ1) is 15.5. The third-order valence-corrected chi connectivity index (χ3v) is 6.35. The molecule has 5 heteroatoms. The first-order valence-electron chi connectivity index (χ1n) is 10.2. The normalized spacial score (nSPS) is 12.5. The van der Waals surface area contributed by atoms with Crippen molar-refractivity contribution in [3.05, 3.63) is 79.4 Å². The summed E-state index contributed by atoms with van der Waals surface area (Å²) in [7, 11) is 0. The molecule has 5 aromatic heterocycles. The summed E-state index contributed by atoms with van der Waals surface area (Å²) >= 11 is 0. The van der Waals surface area contributed by atoms with E-state index in [1.165, 1.54) is 0 Å². The van der Waals surface area contributed by atoms with Crippen LogP contribution in [-0.4, -0.2) is 14.4 Å². The number of fused-ring (bicyclic) bond motifs is 14. The molecule has 0 saturated carbocycles. The molecule has 0 unspecified atom stereocenters. The molecule has 0 saturated heterocycles. The fourth-order valence-corrected chi connectivity index (χ4v) is 5.07. The van der Waals surface area contributed by atoms with Crippen molar-refractivity contribution in [3.8, 4) is 0 Å². The predicted octanol–water partition coefficient (Wildman–Crippen LogP) is 6.83. The van der Waals surface area contributed by atoms with Crippen LogP contribution >= 0.6 is 0 Å². The van der Waals surface area contributed by atoms with Crippen LogP contribution in [0.15, 0.2) is 88.2 Å². The number of para-hydroxylation sites is 1. The average Bonchev–Trinajstić information content (AvgIpc) is 3.53. The summed E-state index contributed by atoms with van der Waals surface area (Å²) in [5.41, 5.74) is 5.33. The van der Waals surface area contributed by atoms with E-state index in [-0.39, 0.29) is 0 Å². The zero-order chi connectivity index (χ0) is 20.1. The van der Waals surface area contributed by atoms with Crippen molar-refractivity contribution in [3.63, 3.8) is 0 Å². The van der Waals surface area contributed by atoms with E-state index in [0.717, 1.165) is 71.2 Å². The Balaban J connectivity index is 1.74. The minimum Gasteiger partial charge on any atom is -0.456 e. The number of aromatic nitrogens is 3. The smallest absolute Gasteiger partial charge is 0.147 e. The molecule has 0 spiro atoms. The van der Waals surface area contributed by atoms with E-state index in [0.29, 0.717) is 0 Å². The Morgan fingerprint density at radius 2 is 1.52 bits per heavy atom. The average molecular weight is 399 g/mol. The Morgan fingerprint density at radius 3 is 2.48 bits per heavy atom. The van der Waals surface area contributed by atoms with E-state index in [4.69, 9.17) is 8.83 Å². The van der Waals surface area contributed by atoms with Crippen molar-refractivity contribution in [1.29, 1.82) is 0 Å². The van der Waals surface area contributed by atoms with Crippen LogP contribution in [-0.2, 0) is 0 Å². The van der Waals surface area contributed by atoms with E-state index in [9.17, 15) is 0 Å². The van der Waals surface area contributed by atoms with Gasteiger partial charge in [-0.1, -0.05) is 18.2 Å². The first-order valence-corrected chi connectivity index (χ1v) is 10.2. The fraction of sp³-hybridized carbons (Fsp3) is 0. The molecule has 0 atom stereocenters. The molecule has 0 amide bonds. The molecule has 0 aliphatic carbocycles. The number of hydrogen-bond acceptors (Lipinski definition) is 4. The van der Waals surface area contributed by atoms with Crippen molar-refractivity contribution in [1.82, 2.24) is 14.4 Å². The highest BCUT2D eigenvalue weighted by Gasteiger charge is 2.20. The molecule has 8 rings (SSSR count). The van der Waals surface area contributed by atoms with Gasteiger partial charge in [0.1, 0.15) is 28.0 Å². The maximum absolute atomic E-state index is 6.36. The predicted molar refractivity (Wildman–Crippen MR) is 123 cm³/mol. The number of furan rings is 2. The molecular formula is C26H13N3O2. The number of benzene rings is 3. The Morgan fingerprint density at radius 1 is 0.645 bits per heavy atom. The van der Waals surface area contributed by atoms with E-state index >= 15 is 0 Å². The lowest BCUT2D eigenvalue weighted by Gasteiger charge is -2.08. The van der Waals surface area contributed by atoms with Crippen molar-refractivity contribution in [2.24, 2.45) is 0 Å². The van der Waals surface area contributed by atoms with Gasteiger partial charge in [-0.15, -0.1) is 0 Å². The van der Waals surface area contributed by atoms with Crippen LogP contribution in [0.25, 0.3) is 71.2 Å². The van der Waals surface area contributed by atoms with E-state index in [1.807, 2.05) is 61.2 Å². The lowest BCUT2D eigenvalue weighted by Crippen LogP contribution is -1.91. The maximum Gasteiger partial charge on any atom is 0.147 e. The van der Waals surface area contributed by atoms with Gasteiger partial charge < -0.3 is 8.83 Å². The van der Waals surface area contributed by atoms with E-state index < -0.39 is 0 Å². The second-order valence-corrected chi connectivity index (χ2v) is 7.89. The summed E-state index contributed by atoms with van der Waals surface area (Å²) in [6.45, 7) is 0. The van der Waals surface area contributed by atoms with Gasteiger partial charge in [-0.05, 0) is 36.4 Å². The summed E-state index contributed by atoms with van der Waals surface area (Å²) in [6.07, 6.45) is 7.57. The summed E-state index contributed by atoms with van der Waals surface area (Å²) in [5, 5.41) is 7.48. The standard InChI is InChI=1S/C26H13N3O2/c1-2-4-19-14(3-1)16-6-8-21-23(25(16)31-19)22-20(30-21)7-5-15-18-13-27-10-9-17(18)26-28-11-12-29(26)24(15)22/h1-13H. The number of pyridine rings is 2. The van der Waals surface area contributed by atoms with Crippen LogP contribution in [0.2, 0.25) is 0 Å². The van der Waals surface area contributed by atoms with Crippen molar-refractivity contribution < 1.29 is 8.83 Å². The second-order valence-electron chi connectivity index (χ2n) is 7.89. The minimum atomic E-state index is 0.814. The fourth-order valence-electron chi connectivity index (χ4n) is 5.07. The number of imidazole rings is 1. The number of nitrogens with zero attached hydrogens (tertiary/aromatic N) is 3. The summed E-state index contributed by atoms with van der Waals surface area (Å²) in [5.74, 6) is 0. The Labute approximate surface area is 174 Å². The number of hydrogen-bond donors (Lipinski definition) is 0. The molecule has 5 heterocycles. The van der Waals surface area contributed by atoms with Crippen LogP contribution in [0.5, 0.6) is 0 Å². The monoisotopic (exact) mass is 399 g/mol. The lowest BCUT2D eigenvalue weighted by molar-refractivity contribution is 0.663. The van der Waals surface area contributed by atoms with E-state index in [1.54, 1.807) is 0 Å². The van der Waals surface area contributed by atoms with Gasteiger partial charge in [0.25, 0.3) is 0 Å². The van der Waals surface area contributed by atoms with Crippen molar-refractivity contribution >= 4 is 71.2 Å². The molecule has 144 valence electrons. The van der Waals surface area contributed by atoms with Gasteiger partial charge in [-0.25, -0.2) is 4.98 Å². The highest BCUT2D eigenvalue weighted by molar-refractivity contribution is 6.29. The van der Waals surface area contributed by atoms with Crippen LogP contribution in [0.3, 0.4) is 0 Å². The lowest BCUT2D eigenvalue weighted by atomic mass is 10.0. The molecule has 5 nitrogen and oxygen atoms in total. The summed E-state index contributed by atoms with van der Waals surface area (Å²) in [4.78, 5) is 9.03. The van der Waals surface area contributed by atoms with Gasteiger partial charge in [0.05, 0.1) is 16.3 Å². The highest BCUT2D eigenvalue weighted by atomic mass is 16.3.